The summed E-state index contributed by atoms with van der Waals surface area (Å²) in [6, 6.07) is 12.3. The number of rotatable bonds is 8. The van der Waals surface area contributed by atoms with E-state index in [1.54, 1.807) is 12.1 Å². The van der Waals surface area contributed by atoms with Crippen LogP contribution in [-0.4, -0.2) is 50.3 Å². The lowest BCUT2D eigenvalue weighted by molar-refractivity contribution is -0.120. The highest BCUT2D eigenvalue weighted by Gasteiger charge is 2.10. The molecule has 0 saturated carbocycles. The van der Waals surface area contributed by atoms with Gasteiger partial charge < -0.3 is 14.8 Å². The third-order valence-corrected chi connectivity index (χ3v) is 5.12. The van der Waals surface area contributed by atoms with Gasteiger partial charge in [0.15, 0.2) is 0 Å². The van der Waals surface area contributed by atoms with E-state index in [2.05, 4.69) is 26.1 Å². The zero-order valence-corrected chi connectivity index (χ0v) is 17.2. The van der Waals surface area contributed by atoms with Crippen LogP contribution in [0.15, 0.2) is 46.9 Å². The summed E-state index contributed by atoms with van der Waals surface area (Å²) >= 11 is 3.14. The number of nitrogens with one attached hydrogen (secondary N) is 1. The van der Waals surface area contributed by atoms with E-state index in [1.165, 1.54) is 6.07 Å². The first-order valence-corrected chi connectivity index (χ1v) is 10.1. The van der Waals surface area contributed by atoms with Gasteiger partial charge in [-0.25, -0.2) is 4.39 Å². The van der Waals surface area contributed by atoms with E-state index < -0.39 is 0 Å². The molecule has 1 saturated heterocycles. The summed E-state index contributed by atoms with van der Waals surface area (Å²) in [4.78, 5) is 14.5. The second-order valence-corrected chi connectivity index (χ2v) is 7.51. The molecule has 1 aliphatic rings. The van der Waals surface area contributed by atoms with E-state index >= 15 is 0 Å². The highest BCUT2D eigenvalue weighted by atomic mass is 79.9. The van der Waals surface area contributed by atoms with E-state index in [4.69, 9.17) is 9.47 Å². The number of nitrogens with zero attached hydrogens (tertiary/aromatic N) is 1. The number of carbonyl (C=O) groups is 1. The van der Waals surface area contributed by atoms with Crippen LogP contribution in [0, 0.1) is 5.82 Å². The van der Waals surface area contributed by atoms with Crippen molar-refractivity contribution in [3.05, 3.63) is 63.9 Å². The van der Waals surface area contributed by atoms with Gasteiger partial charge in [0.05, 0.1) is 24.1 Å². The van der Waals surface area contributed by atoms with Gasteiger partial charge in [0.1, 0.15) is 18.2 Å². The minimum atomic E-state index is -0.338. The molecule has 2 aromatic rings. The van der Waals surface area contributed by atoms with Crippen LogP contribution in [-0.2, 0) is 22.5 Å². The Morgan fingerprint density at radius 3 is 2.79 bits per heavy atom. The lowest BCUT2D eigenvalue weighted by Crippen LogP contribution is -2.38. The fourth-order valence-corrected chi connectivity index (χ4v) is 3.39. The van der Waals surface area contributed by atoms with Gasteiger partial charge in [-0.2, -0.15) is 0 Å². The molecule has 0 atom stereocenters. The van der Waals surface area contributed by atoms with Gasteiger partial charge in [-0.3, -0.25) is 9.69 Å². The molecular formula is C21H24BrFN2O3. The molecule has 0 bridgehead atoms. The van der Waals surface area contributed by atoms with Gasteiger partial charge in [0.25, 0.3) is 0 Å². The van der Waals surface area contributed by atoms with Crippen LogP contribution in [0.2, 0.25) is 0 Å². The molecule has 3 rings (SSSR count). The van der Waals surface area contributed by atoms with Crippen molar-refractivity contribution in [3.63, 3.8) is 0 Å². The maximum absolute atomic E-state index is 13.3. The Labute approximate surface area is 172 Å². The molecular weight excluding hydrogens is 427 g/mol. The molecule has 28 heavy (non-hydrogen) atoms. The average molecular weight is 451 g/mol. The summed E-state index contributed by atoms with van der Waals surface area (Å²) in [7, 11) is 0. The van der Waals surface area contributed by atoms with Crippen molar-refractivity contribution in [2.24, 2.45) is 0 Å². The molecule has 0 spiro atoms. The predicted molar refractivity (Wildman–Crippen MR) is 109 cm³/mol. The van der Waals surface area contributed by atoms with Gasteiger partial charge in [-0.1, -0.05) is 18.2 Å². The monoisotopic (exact) mass is 450 g/mol. The maximum Gasteiger partial charge on any atom is 0.224 e. The van der Waals surface area contributed by atoms with Crippen molar-refractivity contribution in [2.45, 2.75) is 13.0 Å². The normalized spacial score (nSPS) is 14.6. The third kappa shape index (κ3) is 6.58. The van der Waals surface area contributed by atoms with Crippen LogP contribution in [0.3, 0.4) is 0 Å². The number of ether oxygens (including phenoxy) is 2. The Bertz CT molecular complexity index is 797. The van der Waals surface area contributed by atoms with Crippen molar-refractivity contribution in [1.29, 1.82) is 0 Å². The fraction of sp³-hybridized carbons (Fsp3) is 0.381. The average Bonchev–Trinajstić information content (AvgIpc) is 2.70. The number of hydrogen-bond donors (Lipinski definition) is 1. The summed E-state index contributed by atoms with van der Waals surface area (Å²) < 4.78 is 24.8. The zero-order valence-electron chi connectivity index (χ0n) is 15.6. The van der Waals surface area contributed by atoms with E-state index in [-0.39, 0.29) is 18.1 Å². The Morgan fingerprint density at radius 1 is 1.18 bits per heavy atom. The Morgan fingerprint density at radius 2 is 2.00 bits per heavy atom. The molecule has 1 heterocycles. The lowest BCUT2D eigenvalue weighted by Gasteiger charge is -2.26. The summed E-state index contributed by atoms with van der Waals surface area (Å²) in [6.07, 6.45) is 0.203. The summed E-state index contributed by atoms with van der Waals surface area (Å²) in [6.45, 7) is 5.36. The standard InChI is InChI=1S/C21H24BrFN2O3/c22-19-13-16(4-5-20(19)23)14-21(26)24-15-17-2-1-3-18(12-17)28-11-8-25-6-9-27-10-7-25/h1-5,12-13H,6-11,14-15H2,(H,24,26). The van der Waals surface area contributed by atoms with E-state index in [9.17, 15) is 9.18 Å². The number of morpholine rings is 1. The minimum absolute atomic E-state index is 0.114. The van der Waals surface area contributed by atoms with Crippen molar-refractivity contribution in [2.75, 3.05) is 39.5 Å². The predicted octanol–water partition coefficient (Wildman–Crippen LogP) is 3.16. The SMILES string of the molecule is O=C(Cc1ccc(F)c(Br)c1)NCc1cccc(OCCN2CCOCC2)c1. The zero-order chi connectivity index (χ0) is 19.8. The second kappa shape index (κ2) is 10.5. The molecule has 5 nitrogen and oxygen atoms in total. The highest BCUT2D eigenvalue weighted by Crippen LogP contribution is 2.17. The van der Waals surface area contributed by atoms with Crippen molar-refractivity contribution in [1.82, 2.24) is 10.2 Å². The van der Waals surface area contributed by atoms with Crippen LogP contribution in [0.4, 0.5) is 4.39 Å². The van der Waals surface area contributed by atoms with Crippen LogP contribution < -0.4 is 10.1 Å². The smallest absolute Gasteiger partial charge is 0.224 e. The quantitative estimate of drug-likeness (QED) is 0.670. The summed E-state index contributed by atoms with van der Waals surface area (Å²) in [5, 5.41) is 2.89. The lowest BCUT2D eigenvalue weighted by atomic mass is 10.1. The van der Waals surface area contributed by atoms with Crippen molar-refractivity contribution < 1.29 is 18.7 Å². The van der Waals surface area contributed by atoms with Crippen LogP contribution in [0.25, 0.3) is 0 Å². The van der Waals surface area contributed by atoms with E-state index in [0.29, 0.717) is 17.6 Å². The molecule has 0 unspecified atom stereocenters. The van der Waals surface area contributed by atoms with Crippen LogP contribution >= 0.6 is 15.9 Å². The van der Waals surface area contributed by atoms with E-state index in [0.717, 1.165) is 49.7 Å². The number of halogens is 2. The van der Waals surface area contributed by atoms with Crippen molar-refractivity contribution in [3.8, 4) is 5.75 Å². The van der Waals surface area contributed by atoms with Gasteiger partial charge in [0.2, 0.25) is 5.91 Å². The molecule has 1 N–H and O–H groups in total. The first kappa shape index (κ1) is 20.8. The number of carbonyl (C=O) groups excluding carboxylic acids is 1. The maximum atomic E-state index is 13.3. The molecule has 0 aliphatic carbocycles. The molecule has 0 aromatic heterocycles. The Kier molecular flexibility index (Phi) is 7.82. The van der Waals surface area contributed by atoms with Crippen molar-refractivity contribution >= 4 is 21.8 Å². The third-order valence-electron chi connectivity index (χ3n) is 4.52. The van der Waals surface area contributed by atoms with Gasteiger partial charge >= 0.3 is 0 Å². The first-order valence-electron chi connectivity index (χ1n) is 9.32. The number of hydrogen-bond acceptors (Lipinski definition) is 4. The first-order chi connectivity index (χ1) is 13.6. The molecule has 150 valence electrons. The highest BCUT2D eigenvalue weighted by molar-refractivity contribution is 9.10. The molecule has 2 aromatic carbocycles. The molecule has 0 radical (unpaired) electrons. The van der Waals surface area contributed by atoms with Gasteiger partial charge in [-0.05, 0) is 51.3 Å². The molecule has 1 aliphatic heterocycles. The van der Waals surface area contributed by atoms with Crippen LogP contribution in [0.5, 0.6) is 5.75 Å². The Hall–Kier alpha value is -1.96. The van der Waals surface area contributed by atoms with Gasteiger partial charge in [-0.15, -0.1) is 0 Å². The topological polar surface area (TPSA) is 50.8 Å². The van der Waals surface area contributed by atoms with E-state index in [1.807, 2.05) is 24.3 Å². The Balaban J connectivity index is 1.43. The van der Waals surface area contributed by atoms with Crippen LogP contribution in [0.1, 0.15) is 11.1 Å². The number of benzene rings is 2. The fourth-order valence-electron chi connectivity index (χ4n) is 2.96. The molecule has 7 heteroatoms. The second-order valence-electron chi connectivity index (χ2n) is 6.65. The van der Waals surface area contributed by atoms with Gasteiger partial charge in [0, 0.05) is 26.2 Å². The number of amides is 1. The summed E-state index contributed by atoms with van der Waals surface area (Å²) in [5.41, 5.74) is 1.73. The molecule has 1 fully saturated rings. The minimum Gasteiger partial charge on any atom is -0.492 e. The molecule has 1 amide bonds. The largest absolute Gasteiger partial charge is 0.492 e. The summed E-state index contributed by atoms with van der Waals surface area (Å²) in [5.74, 6) is 0.342.